The number of hydrogen-bond acceptors (Lipinski definition) is 0. The van der Waals surface area contributed by atoms with Crippen molar-refractivity contribution in [2.24, 2.45) is 29.1 Å². The van der Waals surface area contributed by atoms with Gasteiger partial charge in [-0.3, -0.25) is 0 Å². The molecule has 2 aromatic carbocycles. The zero-order valence-electron chi connectivity index (χ0n) is 20.8. The minimum atomic E-state index is 0.427. The maximum Gasteiger partial charge on any atom is 0.000483 e. The van der Waals surface area contributed by atoms with Gasteiger partial charge in [-0.25, -0.2) is 0 Å². The van der Waals surface area contributed by atoms with Crippen molar-refractivity contribution in [3.05, 3.63) is 70.8 Å². The van der Waals surface area contributed by atoms with Gasteiger partial charge < -0.3 is 0 Å². The minimum Gasteiger partial charge on any atom is -0.0622 e. The van der Waals surface area contributed by atoms with Gasteiger partial charge in [0.1, 0.15) is 0 Å². The van der Waals surface area contributed by atoms with Crippen molar-refractivity contribution in [1.82, 2.24) is 0 Å². The van der Waals surface area contributed by atoms with Gasteiger partial charge in [0, 0.05) is 5.41 Å². The molecule has 0 aromatic heterocycles. The summed E-state index contributed by atoms with van der Waals surface area (Å²) in [5.74, 6) is 3.01. The molecule has 0 amide bonds. The van der Waals surface area contributed by atoms with Gasteiger partial charge in [0.25, 0.3) is 0 Å². The van der Waals surface area contributed by atoms with Crippen molar-refractivity contribution in [1.29, 1.82) is 0 Å². The summed E-state index contributed by atoms with van der Waals surface area (Å²) in [5, 5.41) is 0. The van der Waals surface area contributed by atoms with Gasteiger partial charge in [-0.2, -0.15) is 0 Å². The third-order valence-corrected chi connectivity index (χ3v) is 8.84. The van der Waals surface area contributed by atoms with Gasteiger partial charge in [-0.05, 0) is 77.0 Å². The van der Waals surface area contributed by atoms with Crippen LogP contribution in [0.15, 0.2) is 48.5 Å². The average molecular weight is 405 g/mol. The van der Waals surface area contributed by atoms with Crippen LogP contribution >= 0.6 is 0 Å². The molecule has 2 aliphatic rings. The van der Waals surface area contributed by atoms with Crippen LogP contribution in [-0.4, -0.2) is 0 Å². The second-order valence-corrected chi connectivity index (χ2v) is 11.2. The number of aryl methyl sites for hydroxylation is 1. The van der Waals surface area contributed by atoms with Crippen LogP contribution in [0.5, 0.6) is 0 Å². The lowest BCUT2D eigenvalue weighted by Crippen LogP contribution is -2.35. The van der Waals surface area contributed by atoms with E-state index in [1.54, 1.807) is 22.3 Å². The Hall–Kier alpha value is -1.56. The fourth-order valence-corrected chi connectivity index (χ4v) is 6.69. The van der Waals surface area contributed by atoms with Crippen LogP contribution in [0.4, 0.5) is 0 Å². The van der Waals surface area contributed by atoms with Crippen molar-refractivity contribution in [3.63, 3.8) is 0 Å². The highest BCUT2D eigenvalue weighted by molar-refractivity contribution is 5.40. The molecule has 0 nitrogen and oxygen atoms in total. The zero-order chi connectivity index (χ0) is 22.1. The molecule has 2 aromatic rings. The predicted octanol–water partition coefficient (Wildman–Crippen LogP) is 8.27. The quantitative estimate of drug-likeness (QED) is 0.481. The Morgan fingerprint density at radius 1 is 0.567 bits per heavy atom. The van der Waals surface area contributed by atoms with E-state index in [4.69, 9.17) is 0 Å². The molecule has 0 saturated carbocycles. The fourth-order valence-electron chi connectivity index (χ4n) is 6.69. The van der Waals surface area contributed by atoms with Gasteiger partial charge >= 0.3 is 0 Å². The van der Waals surface area contributed by atoms with Gasteiger partial charge in [0.2, 0.25) is 0 Å². The normalized spacial score (nSPS) is 18.5. The molecular weight excluding hydrogens is 360 g/mol. The van der Waals surface area contributed by atoms with Gasteiger partial charge in [0.15, 0.2) is 0 Å². The van der Waals surface area contributed by atoms with Crippen LogP contribution in [0.3, 0.4) is 0 Å². The van der Waals surface area contributed by atoms with E-state index in [1.807, 2.05) is 0 Å². The summed E-state index contributed by atoms with van der Waals surface area (Å²) in [6, 6.07) is 18.0. The summed E-state index contributed by atoms with van der Waals surface area (Å²) in [6.07, 6.45) is 5.16. The summed E-state index contributed by atoms with van der Waals surface area (Å²) in [4.78, 5) is 0. The van der Waals surface area contributed by atoms with E-state index in [-0.39, 0.29) is 0 Å². The smallest absolute Gasteiger partial charge is 0.000483 e. The van der Waals surface area contributed by atoms with E-state index in [9.17, 15) is 0 Å². The molecule has 2 aliphatic carbocycles. The van der Waals surface area contributed by atoms with Crippen LogP contribution in [0.2, 0.25) is 0 Å². The Bertz CT molecular complexity index is 794. The van der Waals surface area contributed by atoms with Crippen LogP contribution in [0.1, 0.15) is 84.1 Å². The third-order valence-electron chi connectivity index (χ3n) is 8.84. The fraction of sp³-hybridized carbons (Fsp3) is 0.600. The number of hydrogen-bond donors (Lipinski definition) is 0. The molecule has 0 N–H and O–H groups in total. The summed E-state index contributed by atoms with van der Waals surface area (Å²) in [6.45, 7) is 19.0. The maximum absolute atomic E-state index is 2.38. The Kier molecular flexibility index (Phi) is 6.85. The summed E-state index contributed by atoms with van der Waals surface area (Å²) >= 11 is 0. The van der Waals surface area contributed by atoms with Crippen molar-refractivity contribution >= 4 is 0 Å². The van der Waals surface area contributed by atoms with Gasteiger partial charge in [-0.15, -0.1) is 0 Å². The highest BCUT2D eigenvalue weighted by atomic mass is 14.5. The molecule has 0 aliphatic heterocycles. The third kappa shape index (κ3) is 3.88. The van der Waals surface area contributed by atoms with Crippen LogP contribution in [-0.2, 0) is 24.7 Å². The van der Waals surface area contributed by atoms with E-state index >= 15 is 0 Å². The predicted molar refractivity (Wildman–Crippen MR) is 132 cm³/mol. The first-order chi connectivity index (χ1) is 14.1. The second kappa shape index (κ2) is 8.89. The molecule has 0 heterocycles. The summed E-state index contributed by atoms with van der Waals surface area (Å²) in [7, 11) is 0. The van der Waals surface area contributed by atoms with Gasteiger partial charge in [0.05, 0.1) is 0 Å². The Morgan fingerprint density at radius 2 is 1.00 bits per heavy atom. The molecular formula is C30H44. The molecule has 0 heteroatoms. The molecule has 30 heavy (non-hydrogen) atoms. The van der Waals surface area contributed by atoms with Crippen molar-refractivity contribution in [2.75, 3.05) is 0 Å². The molecule has 0 atom stereocenters. The molecule has 4 rings (SSSR count). The first-order valence-corrected chi connectivity index (χ1v) is 12.3. The van der Waals surface area contributed by atoms with Crippen molar-refractivity contribution in [2.45, 2.75) is 86.5 Å². The lowest BCUT2D eigenvalue weighted by atomic mass is 9.65. The zero-order valence-corrected chi connectivity index (χ0v) is 20.8. The van der Waals surface area contributed by atoms with Crippen LogP contribution < -0.4 is 0 Å². The molecule has 0 bridgehead atoms. The molecule has 0 saturated heterocycles. The van der Waals surface area contributed by atoms with Crippen LogP contribution in [0, 0.1) is 29.1 Å². The lowest BCUT2D eigenvalue weighted by molar-refractivity contribution is 0.125. The number of rotatable bonds is 4. The second-order valence-electron chi connectivity index (χ2n) is 11.2. The largest absolute Gasteiger partial charge is 0.0622 e. The average Bonchev–Trinajstić information content (AvgIpc) is 3.29. The Labute approximate surface area is 186 Å². The van der Waals surface area contributed by atoms with E-state index < -0.39 is 0 Å². The molecule has 0 fully saturated rings. The van der Waals surface area contributed by atoms with Crippen molar-refractivity contribution in [3.8, 4) is 0 Å². The van der Waals surface area contributed by atoms with Gasteiger partial charge in [-0.1, -0.05) is 104 Å². The molecule has 0 radical (unpaired) electrons. The van der Waals surface area contributed by atoms with Crippen molar-refractivity contribution < 1.29 is 0 Å². The van der Waals surface area contributed by atoms with E-state index in [1.165, 1.54) is 25.7 Å². The Morgan fingerprint density at radius 3 is 1.43 bits per heavy atom. The molecule has 164 valence electrons. The molecule has 0 unspecified atom stereocenters. The summed E-state index contributed by atoms with van der Waals surface area (Å²) < 4.78 is 0. The Balaban J connectivity index is 0.000000171. The highest BCUT2D eigenvalue weighted by Gasteiger charge is 2.43. The van der Waals surface area contributed by atoms with E-state index in [0.717, 1.165) is 23.7 Å². The highest BCUT2D eigenvalue weighted by Crippen LogP contribution is 2.49. The van der Waals surface area contributed by atoms with E-state index in [2.05, 4.69) is 104 Å². The number of benzene rings is 2. The molecule has 0 spiro atoms. The maximum atomic E-state index is 2.38. The first-order valence-electron chi connectivity index (χ1n) is 12.3. The lowest BCUT2D eigenvalue weighted by Gasteiger charge is -2.39. The number of fused-ring (bicyclic) bond motifs is 2. The van der Waals surface area contributed by atoms with E-state index in [0.29, 0.717) is 10.8 Å². The standard InChI is InChI=1S/2C15H22/c1-11(2)15(12(3)4)9-13-7-5-6-8-14(13)10-15;1-11(2)15(12(3)4)10-9-13-7-5-6-8-14(13)15/h2*5-8,11-12H,9-10H2,1-4H3. The first kappa shape index (κ1) is 23.1. The monoisotopic (exact) mass is 404 g/mol. The SMILES string of the molecule is CC(C)C1(C(C)C)CCc2ccccc21.CC(C)C1(C(C)C)Cc2ccccc2C1. The minimum absolute atomic E-state index is 0.427. The topological polar surface area (TPSA) is 0 Å². The summed E-state index contributed by atoms with van der Waals surface area (Å²) in [5.41, 5.74) is 7.30. The van der Waals surface area contributed by atoms with Crippen LogP contribution in [0.25, 0.3) is 0 Å².